The average molecular weight is 329 g/mol. The van der Waals surface area contributed by atoms with Crippen LogP contribution in [0, 0.1) is 6.92 Å². The molecule has 5 heteroatoms. The average Bonchev–Trinajstić information content (AvgIpc) is 2.54. The van der Waals surface area contributed by atoms with Gasteiger partial charge in [0.15, 0.2) is 0 Å². The monoisotopic (exact) mass is 329 g/mol. The maximum absolute atomic E-state index is 12.8. The van der Waals surface area contributed by atoms with Crippen LogP contribution in [0.4, 0.5) is 0 Å². The van der Waals surface area contributed by atoms with Crippen LogP contribution >= 0.6 is 0 Å². The van der Waals surface area contributed by atoms with Gasteiger partial charge >= 0.3 is 0 Å². The van der Waals surface area contributed by atoms with Crippen molar-refractivity contribution in [2.45, 2.75) is 30.1 Å². The molecule has 0 aliphatic carbocycles. The lowest BCUT2D eigenvalue weighted by atomic mass is 10.1. The Labute approximate surface area is 138 Å². The maximum atomic E-state index is 12.8. The molecular weight excluding hydrogens is 310 g/mol. The van der Waals surface area contributed by atoms with E-state index in [4.69, 9.17) is 0 Å². The van der Waals surface area contributed by atoms with Gasteiger partial charge in [0, 0.05) is 23.8 Å². The molecule has 0 heterocycles. The molecule has 1 unspecified atom stereocenters. The first-order valence-electron chi connectivity index (χ1n) is 7.23. The number of benzene rings is 2. The molecule has 2 aromatic rings. The van der Waals surface area contributed by atoms with E-state index in [2.05, 4.69) is 0 Å². The quantitative estimate of drug-likeness (QED) is 0.866. The van der Waals surface area contributed by atoms with Crippen LogP contribution in [-0.2, 0) is 26.8 Å². The van der Waals surface area contributed by atoms with Gasteiger partial charge in [-0.15, -0.1) is 0 Å². The fourth-order valence-electron chi connectivity index (χ4n) is 2.08. The minimum absolute atomic E-state index is 0.0455. The van der Waals surface area contributed by atoms with Crippen LogP contribution in [0.3, 0.4) is 0 Å². The van der Waals surface area contributed by atoms with Crippen LogP contribution in [-0.4, -0.2) is 28.0 Å². The van der Waals surface area contributed by atoms with E-state index in [0.29, 0.717) is 15.4 Å². The Morgan fingerprint density at radius 2 is 1.65 bits per heavy atom. The molecule has 23 heavy (non-hydrogen) atoms. The molecule has 0 aliphatic rings. The fraction of sp³-hybridized carbons (Fsp3) is 0.222. The Morgan fingerprint density at radius 1 is 1.04 bits per heavy atom. The second kappa shape index (κ2) is 7.33. The zero-order chi connectivity index (χ0) is 17.0. The number of rotatable bonds is 4. The van der Waals surface area contributed by atoms with Gasteiger partial charge in [-0.05, 0) is 30.7 Å². The van der Waals surface area contributed by atoms with Crippen LogP contribution in [0.5, 0.6) is 0 Å². The fourth-order valence-corrected chi connectivity index (χ4v) is 3.29. The van der Waals surface area contributed by atoms with Crippen molar-refractivity contribution in [3.05, 3.63) is 59.7 Å². The van der Waals surface area contributed by atoms with Crippen LogP contribution in [0.2, 0.25) is 0 Å². The Kier molecular flexibility index (Phi) is 5.45. The second-order valence-electron chi connectivity index (χ2n) is 5.34. The van der Waals surface area contributed by atoms with Gasteiger partial charge in [0.2, 0.25) is 11.8 Å². The van der Waals surface area contributed by atoms with Gasteiger partial charge in [-0.2, -0.15) is 0 Å². The predicted octanol–water partition coefficient (Wildman–Crippen LogP) is 2.71. The number of nitrogens with zero attached hydrogens (tertiary/aromatic N) is 1. The van der Waals surface area contributed by atoms with Gasteiger partial charge in [0.1, 0.15) is 0 Å². The lowest BCUT2D eigenvalue weighted by molar-refractivity contribution is -0.141. The highest BCUT2D eigenvalue weighted by Crippen LogP contribution is 2.21. The number of likely N-dealkylation sites (N-methyl/N-ethyl adjacent to an activating group) is 1. The maximum Gasteiger partial charge on any atom is 0.233 e. The van der Waals surface area contributed by atoms with Crippen LogP contribution in [0.15, 0.2) is 58.3 Å². The van der Waals surface area contributed by atoms with Crippen molar-refractivity contribution in [2.24, 2.45) is 0 Å². The van der Waals surface area contributed by atoms with E-state index in [1.165, 1.54) is 14.0 Å². The third kappa shape index (κ3) is 4.13. The summed E-state index contributed by atoms with van der Waals surface area (Å²) in [6.45, 7) is 3.31. The summed E-state index contributed by atoms with van der Waals surface area (Å²) in [6, 6.07) is 14.6. The summed E-state index contributed by atoms with van der Waals surface area (Å²) >= 11 is 0. The van der Waals surface area contributed by atoms with Crippen molar-refractivity contribution in [1.29, 1.82) is 0 Å². The predicted molar refractivity (Wildman–Crippen MR) is 89.5 cm³/mol. The first-order valence-corrected chi connectivity index (χ1v) is 8.38. The number of amides is 2. The molecule has 0 bridgehead atoms. The normalized spacial score (nSPS) is 11.8. The first kappa shape index (κ1) is 17.1. The van der Waals surface area contributed by atoms with Crippen molar-refractivity contribution in [2.75, 3.05) is 7.05 Å². The molecule has 120 valence electrons. The Bertz CT molecular complexity index is 753. The van der Waals surface area contributed by atoms with E-state index in [0.717, 1.165) is 10.5 Å². The third-order valence-electron chi connectivity index (χ3n) is 3.60. The van der Waals surface area contributed by atoms with Crippen molar-refractivity contribution in [1.82, 2.24) is 4.90 Å². The highest BCUT2D eigenvalue weighted by Gasteiger charge is 2.18. The Morgan fingerprint density at radius 3 is 2.26 bits per heavy atom. The van der Waals surface area contributed by atoms with Crippen molar-refractivity contribution in [3.63, 3.8) is 0 Å². The second-order valence-corrected chi connectivity index (χ2v) is 6.79. The first-order chi connectivity index (χ1) is 10.9. The standard InChI is InChI=1S/C18H19NO3S/c1-13-8-10-16(11-9-13)23(22)17-7-5-4-6-15(17)12-18(21)19(3)14(2)20/h4-11H,12H2,1-3H3. The summed E-state index contributed by atoms with van der Waals surface area (Å²) in [5.41, 5.74) is 1.77. The van der Waals surface area contributed by atoms with Gasteiger partial charge in [0.05, 0.1) is 17.2 Å². The molecule has 1 atom stereocenters. The molecule has 2 aromatic carbocycles. The van der Waals surface area contributed by atoms with Gasteiger partial charge < -0.3 is 0 Å². The van der Waals surface area contributed by atoms with Gasteiger partial charge in [0.25, 0.3) is 0 Å². The zero-order valence-electron chi connectivity index (χ0n) is 13.4. The molecule has 0 spiro atoms. The number of aryl methyl sites for hydroxylation is 1. The number of hydrogen-bond acceptors (Lipinski definition) is 3. The summed E-state index contributed by atoms with van der Waals surface area (Å²) in [6.07, 6.45) is 0.0455. The number of carbonyl (C=O) groups excluding carboxylic acids is 2. The molecule has 0 N–H and O–H groups in total. The summed E-state index contributed by atoms with van der Waals surface area (Å²) in [4.78, 5) is 25.8. The number of hydrogen-bond donors (Lipinski definition) is 0. The van der Waals surface area contributed by atoms with Gasteiger partial charge in [-0.25, -0.2) is 4.21 Å². The number of imide groups is 1. The number of carbonyl (C=O) groups is 2. The SMILES string of the molecule is CC(=O)N(C)C(=O)Cc1ccccc1S(=O)c1ccc(C)cc1. The highest BCUT2D eigenvalue weighted by molar-refractivity contribution is 7.85. The molecule has 4 nitrogen and oxygen atoms in total. The molecule has 2 rings (SSSR count). The van der Waals surface area contributed by atoms with Crippen molar-refractivity contribution < 1.29 is 13.8 Å². The lowest BCUT2D eigenvalue weighted by Crippen LogP contribution is -2.32. The molecular formula is C18H19NO3S. The lowest BCUT2D eigenvalue weighted by Gasteiger charge is -2.14. The molecule has 0 aliphatic heterocycles. The van der Waals surface area contributed by atoms with Gasteiger partial charge in [-0.1, -0.05) is 35.9 Å². The molecule has 0 radical (unpaired) electrons. The zero-order valence-corrected chi connectivity index (χ0v) is 14.2. The molecule has 0 aromatic heterocycles. The minimum Gasteiger partial charge on any atom is -0.286 e. The van der Waals surface area contributed by atoms with E-state index >= 15 is 0 Å². The Hall–Kier alpha value is -2.27. The summed E-state index contributed by atoms with van der Waals surface area (Å²) in [5, 5.41) is 0. The topological polar surface area (TPSA) is 54.5 Å². The van der Waals surface area contributed by atoms with E-state index < -0.39 is 10.8 Å². The van der Waals surface area contributed by atoms with Gasteiger partial charge in [-0.3, -0.25) is 14.5 Å². The molecule has 0 saturated carbocycles. The molecule has 0 saturated heterocycles. The van der Waals surface area contributed by atoms with E-state index in [9.17, 15) is 13.8 Å². The van der Waals surface area contributed by atoms with E-state index in [1.54, 1.807) is 24.3 Å². The van der Waals surface area contributed by atoms with Crippen LogP contribution in [0.1, 0.15) is 18.1 Å². The smallest absolute Gasteiger partial charge is 0.233 e. The highest BCUT2D eigenvalue weighted by atomic mass is 32.2. The Balaban J connectivity index is 2.30. The summed E-state index contributed by atoms with van der Waals surface area (Å²) in [5.74, 6) is -0.627. The third-order valence-corrected chi connectivity index (χ3v) is 5.09. The largest absolute Gasteiger partial charge is 0.286 e. The van der Waals surface area contributed by atoms with Crippen molar-refractivity contribution >= 4 is 22.6 Å². The summed E-state index contributed by atoms with van der Waals surface area (Å²) < 4.78 is 12.8. The molecule has 2 amide bonds. The van der Waals surface area contributed by atoms with Crippen molar-refractivity contribution in [3.8, 4) is 0 Å². The summed E-state index contributed by atoms with van der Waals surface area (Å²) in [7, 11) is 0.0860. The minimum atomic E-state index is -1.36. The van der Waals surface area contributed by atoms with E-state index in [1.807, 2.05) is 31.2 Å². The van der Waals surface area contributed by atoms with Crippen LogP contribution < -0.4 is 0 Å². The molecule has 0 fully saturated rings. The van der Waals surface area contributed by atoms with Crippen LogP contribution in [0.25, 0.3) is 0 Å². The van der Waals surface area contributed by atoms with E-state index in [-0.39, 0.29) is 18.2 Å².